The van der Waals surface area contributed by atoms with Crippen molar-refractivity contribution in [1.29, 1.82) is 0 Å². The van der Waals surface area contributed by atoms with Crippen LogP contribution in [-0.4, -0.2) is 21.4 Å². The third kappa shape index (κ3) is 0.980. The molecule has 0 bridgehead atoms. The molecule has 2 atom stereocenters. The Morgan fingerprint density at radius 1 is 1.71 bits per heavy atom. The lowest BCUT2D eigenvalue weighted by atomic mass is 9.88. The van der Waals surface area contributed by atoms with Gasteiger partial charge in [-0.25, -0.2) is 0 Å². The fourth-order valence-corrected chi connectivity index (χ4v) is 2.51. The molecular formula is C10H17N3O. The molecule has 4 nitrogen and oxygen atoms in total. The van der Waals surface area contributed by atoms with Crippen LogP contribution in [-0.2, 0) is 19.1 Å². The van der Waals surface area contributed by atoms with Gasteiger partial charge in [0.25, 0.3) is 0 Å². The minimum Gasteiger partial charge on any atom is -0.383 e. The minimum atomic E-state index is -0.867. The van der Waals surface area contributed by atoms with Crippen molar-refractivity contribution in [2.45, 2.75) is 25.9 Å². The molecule has 0 aromatic carbocycles. The van der Waals surface area contributed by atoms with Crippen LogP contribution >= 0.6 is 0 Å². The van der Waals surface area contributed by atoms with Crippen LogP contribution in [0.15, 0.2) is 0 Å². The van der Waals surface area contributed by atoms with Gasteiger partial charge in [0.05, 0.1) is 5.69 Å². The molecule has 0 radical (unpaired) electrons. The highest BCUT2D eigenvalue weighted by Crippen LogP contribution is 2.41. The van der Waals surface area contributed by atoms with Crippen molar-refractivity contribution in [3.63, 3.8) is 0 Å². The van der Waals surface area contributed by atoms with E-state index in [-0.39, 0.29) is 12.5 Å². The minimum absolute atomic E-state index is 0.186. The molecule has 0 amide bonds. The van der Waals surface area contributed by atoms with Gasteiger partial charge in [0.2, 0.25) is 0 Å². The van der Waals surface area contributed by atoms with Crippen molar-refractivity contribution in [2.24, 2.45) is 18.7 Å². The molecule has 4 heteroatoms. The Hall–Kier alpha value is -0.870. The molecule has 2 rings (SSSR count). The van der Waals surface area contributed by atoms with Gasteiger partial charge in [-0.15, -0.1) is 0 Å². The first-order chi connectivity index (χ1) is 6.50. The van der Waals surface area contributed by atoms with Gasteiger partial charge in [0, 0.05) is 24.8 Å². The maximum Gasteiger partial charge on any atom is 0.108 e. The highest BCUT2D eigenvalue weighted by molar-refractivity contribution is 5.38. The van der Waals surface area contributed by atoms with E-state index in [1.807, 2.05) is 25.6 Å². The molecule has 1 aromatic heterocycles. The lowest BCUT2D eigenvalue weighted by Crippen LogP contribution is -2.38. The van der Waals surface area contributed by atoms with Crippen LogP contribution in [0.1, 0.15) is 23.9 Å². The summed E-state index contributed by atoms with van der Waals surface area (Å²) in [5.74, 6) is 0.186. The van der Waals surface area contributed by atoms with Crippen LogP contribution in [0.4, 0.5) is 0 Å². The van der Waals surface area contributed by atoms with E-state index < -0.39 is 5.60 Å². The first-order valence-electron chi connectivity index (χ1n) is 4.96. The Bertz CT molecular complexity index is 372. The van der Waals surface area contributed by atoms with Gasteiger partial charge in [-0.1, -0.05) is 6.92 Å². The van der Waals surface area contributed by atoms with E-state index in [2.05, 4.69) is 5.10 Å². The number of aromatic nitrogens is 2. The van der Waals surface area contributed by atoms with Gasteiger partial charge < -0.3 is 10.8 Å². The monoisotopic (exact) mass is 195 g/mol. The molecule has 0 spiro atoms. The molecule has 0 fully saturated rings. The van der Waals surface area contributed by atoms with Gasteiger partial charge in [-0.2, -0.15) is 5.10 Å². The summed E-state index contributed by atoms with van der Waals surface area (Å²) in [7, 11) is 1.92. The van der Waals surface area contributed by atoms with Gasteiger partial charge in [0.1, 0.15) is 5.60 Å². The molecule has 0 aliphatic heterocycles. The van der Waals surface area contributed by atoms with Crippen molar-refractivity contribution in [1.82, 2.24) is 9.78 Å². The zero-order chi connectivity index (χ0) is 10.5. The van der Waals surface area contributed by atoms with Crippen LogP contribution < -0.4 is 5.73 Å². The van der Waals surface area contributed by atoms with Crippen molar-refractivity contribution in [3.8, 4) is 0 Å². The van der Waals surface area contributed by atoms with E-state index in [0.29, 0.717) is 0 Å². The fourth-order valence-electron chi connectivity index (χ4n) is 2.51. The predicted molar refractivity (Wildman–Crippen MR) is 53.8 cm³/mol. The van der Waals surface area contributed by atoms with Crippen LogP contribution in [0, 0.1) is 12.8 Å². The maximum atomic E-state index is 10.4. The molecule has 0 saturated carbocycles. The molecule has 78 valence electrons. The van der Waals surface area contributed by atoms with Gasteiger partial charge in [-0.05, 0) is 19.3 Å². The Kier molecular flexibility index (Phi) is 1.94. The second kappa shape index (κ2) is 2.81. The highest BCUT2D eigenvalue weighted by atomic mass is 16.3. The third-order valence-corrected chi connectivity index (χ3v) is 3.40. The summed E-state index contributed by atoms with van der Waals surface area (Å²) in [5, 5.41) is 14.7. The number of hydrogen-bond donors (Lipinski definition) is 2. The first-order valence-corrected chi connectivity index (χ1v) is 4.96. The number of aryl methyl sites for hydroxylation is 2. The SMILES string of the molecule is Cc1nn(C)c2c1C(O)(CN)C(C)C2. The molecule has 14 heavy (non-hydrogen) atoms. The zero-order valence-corrected chi connectivity index (χ0v) is 8.91. The molecule has 0 saturated heterocycles. The van der Waals surface area contributed by atoms with Crippen molar-refractivity contribution < 1.29 is 5.11 Å². The number of aliphatic hydroxyl groups is 1. The average molecular weight is 195 g/mol. The second-order valence-corrected chi connectivity index (χ2v) is 4.26. The molecular weight excluding hydrogens is 178 g/mol. The predicted octanol–water partition coefficient (Wildman–Crippen LogP) is 0.0670. The first kappa shape index (κ1) is 9.68. The fraction of sp³-hybridized carbons (Fsp3) is 0.700. The summed E-state index contributed by atoms with van der Waals surface area (Å²) in [5.41, 5.74) is 7.78. The molecule has 1 aromatic rings. The number of rotatable bonds is 1. The maximum absolute atomic E-state index is 10.4. The number of fused-ring (bicyclic) bond motifs is 1. The largest absolute Gasteiger partial charge is 0.383 e. The van der Waals surface area contributed by atoms with E-state index in [0.717, 1.165) is 23.4 Å². The lowest BCUT2D eigenvalue weighted by Gasteiger charge is -2.26. The molecule has 1 heterocycles. The third-order valence-electron chi connectivity index (χ3n) is 3.40. The Morgan fingerprint density at radius 3 is 2.93 bits per heavy atom. The standard InChI is InChI=1S/C10H17N3O/c1-6-4-8-9(10(6,14)5-11)7(2)12-13(8)3/h6,14H,4-5,11H2,1-3H3. The average Bonchev–Trinajstić information content (AvgIpc) is 2.54. The van der Waals surface area contributed by atoms with Crippen LogP contribution in [0.5, 0.6) is 0 Å². The summed E-state index contributed by atoms with van der Waals surface area (Å²) in [4.78, 5) is 0. The lowest BCUT2D eigenvalue weighted by molar-refractivity contribution is 0.00411. The van der Waals surface area contributed by atoms with Crippen LogP contribution in [0.3, 0.4) is 0 Å². The summed E-state index contributed by atoms with van der Waals surface area (Å²) < 4.78 is 1.86. The Balaban J connectivity index is 2.61. The Morgan fingerprint density at radius 2 is 2.36 bits per heavy atom. The molecule has 1 aliphatic rings. The van der Waals surface area contributed by atoms with E-state index in [1.165, 1.54) is 0 Å². The quantitative estimate of drug-likeness (QED) is 0.666. The summed E-state index contributed by atoms with van der Waals surface area (Å²) >= 11 is 0. The van der Waals surface area contributed by atoms with Gasteiger partial charge in [0.15, 0.2) is 0 Å². The van der Waals surface area contributed by atoms with Gasteiger partial charge >= 0.3 is 0 Å². The van der Waals surface area contributed by atoms with E-state index in [1.54, 1.807) is 0 Å². The topological polar surface area (TPSA) is 64.1 Å². The summed E-state index contributed by atoms with van der Waals surface area (Å²) in [6.07, 6.45) is 0.861. The molecule has 1 aliphatic carbocycles. The van der Waals surface area contributed by atoms with Gasteiger partial charge in [-0.3, -0.25) is 4.68 Å². The van der Waals surface area contributed by atoms with Crippen molar-refractivity contribution >= 4 is 0 Å². The van der Waals surface area contributed by atoms with Crippen molar-refractivity contribution in [3.05, 3.63) is 17.0 Å². The number of nitrogens with zero attached hydrogens (tertiary/aromatic N) is 2. The number of hydrogen-bond acceptors (Lipinski definition) is 3. The highest BCUT2D eigenvalue weighted by Gasteiger charge is 2.45. The summed E-state index contributed by atoms with van der Waals surface area (Å²) in [6.45, 7) is 4.23. The smallest absolute Gasteiger partial charge is 0.108 e. The number of nitrogens with two attached hydrogens (primary N) is 1. The van der Waals surface area contributed by atoms with E-state index >= 15 is 0 Å². The Labute approximate surface area is 83.7 Å². The normalized spacial score (nSPS) is 30.8. The molecule has 3 N–H and O–H groups in total. The zero-order valence-electron chi connectivity index (χ0n) is 8.91. The summed E-state index contributed by atoms with van der Waals surface area (Å²) in [6, 6.07) is 0. The van der Waals surface area contributed by atoms with Crippen molar-refractivity contribution in [2.75, 3.05) is 6.54 Å². The second-order valence-electron chi connectivity index (χ2n) is 4.26. The van der Waals surface area contributed by atoms with E-state index in [9.17, 15) is 5.11 Å². The van der Waals surface area contributed by atoms with E-state index in [4.69, 9.17) is 5.73 Å². The van der Waals surface area contributed by atoms with Crippen LogP contribution in [0.25, 0.3) is 0 Å². The molecule has 2 unspecified atom stereocenters. The van der Waals surface area contributed by atoms with Crippen LogP contribution in [0.2, 0.25) is 0 Å².